The van der Waals surface area contributed by atoms with Gasteiger partial charge in [-0.25, -0.2) is 10.1 Å². The Hall–Kier alpha value is 0.0200. The van der Waals surface area contributed by atoms with Gasteiger partial charge in [0.2, 0.25) is 0 Å². The van der Waals surface area contributed by atoms with Gasteiger partial charge in [-0.1, -0.05) is 0 Å². The van der Waals surface area contributed by atoms with Crippen LogP contribution in [0.4, 0.5) is 4.79 Å². The van der Waals surface area contributed by atoms with Crippen LogP contribution in [-0.2, 0) is 4.79 Å². The van der Waals surface area contributed by atoms with Crippen LogP contribution >= 0.6 is 31.9 Å². The lowest BCUT2D eigenvalue weighted by atomic mass is 10.6. The van der Waals surface area contributed by atoms with Crippen molar-refractivity contribution in [3.8, 4) is 0 Å². The van der Waals surface area contributed by atoms with Crippen molar-refractivity contribution in [1.29, 1.82) is 0 Å². The Labute approximate surface area is 72.6 Å². The van der Waals surface area contributed by atoms with Gasteiger partial charge in [0.25, 0.3) is 3.36 Å². The molecule has 0 spiro atoms. The fourth-order valence-electron chi connectivity index (χ4n) is 0.484. The molecule has 1 saturated heterocycles. The molecule has 0 aromatic heterocycles. The van der Waals surface area contributed by atoms with Crippen molar-refractivity contribution < 1.29 is 14.7 Å². The van der Waals surface area contributed by atoms with Crippen molar-refractivity contribution in [1.82, 2.24) is 5.32 Å². The monoisotopic (exact) mass is 272 g/mol. The lowest BCUT2D eigenvalue weighted by Gasteiger charge is -2.19. The SMILES string of the molecule is O=C1NC(=O)C(Br)(Br)[NH+]1[O-]. The summed E-state index contributed by atoms with van der Waals surface area (Å²) in [5.41, 5.74) is 0. The van der Waals surface area contributed by atoms with Gasteiger partial charge in [-0.2, -0.15) is 0 Å². The van der Waals surface area contributed by atoms with Gasteiger partial charge in [0.15, 0.2) is 0 Å². The molecule has 1 rings (SSSR count). The van der Waals surface area contributed by atoms with E-state index in [2.05, 4.69) is 31.9 Å². The molecule has 2 N–H and O–H groups in total. The zero-order chi connectivity index (χ0) is 7.94. The Balaban J connectivity index is 2.96. The first-order chi connectivity index (χ1) is 4.46. The number of urea groups is 1. The molecule has 1 unspecified atom stereocenters. The number of amides is 3. The second kappa shape index (κ2) is 2.26. The number of halogens is 2. The van der Waals surface area contributed by atoms with Crippen molar-refractivity contribution in [2.45, 2.75) is 3.36 Å². The highest BCUT2D eigenvalue weighted by Gasteiger charge is 2.51. The van der Waals surface area contributed by atoms with E-state index in [9.17, 15) is 14.8 Å². The second-order valence-corrected chi connectivity index (χ2v) is 5.13. The van der Waals surface area contributed by atoms with Gasteiger partial charge >= 0.3 is 11.9 Å². The van der Waals surface area contributed by atoms with Crippen LogP contribution in [0, 0.1) is 5.21 Å². The molecule has 7 heteroatoms. The Morgan fingerprint density at radius 1 is 1.50 bits per heavy atom. The van der Waals surface area contributed by atoms with Gasteiger partial charge in [0, 0.05) is 31.9 Å². The maximum absolute atomic E-state index is 10.7. The molecule has 0 aromatic rings. The van der Waals surface area contributed by atoms with Gasteiger partial charge in [-0.05, 0) is 0 Å². The molecular weight excluding hydrogens is 272 g/mol. The second-order valence-electron chi connectivity index (χ2n) is 1.69. The van der Waals surface area contributed by atoms with Crippen LogP contribution in [0.5, 0.6) is 0 Å². The average molecular weight is 274 g/mol. The minimum atomic E-state index is -1.53. The molecule has 0 saturated carbocycles. The minimum Gasteiger partial charge on any atom is -0.623 e. The predicted octanol–water partition coefficient (Wildman–Crippen LogP) is -0.938. The van der Waals surface area contributed by atoms with E-state index in [4.69, 9.17) is 0 Å². The number of hydroxylamine groups is 2. The number of carbonyl (C=O) groups is 2. The molecule has 1 atom stereocenters. The third kappa shape index (κ3) is 0.986. The van der Waals surface area contributed by atoms with Gasteiger partial charge in [0.1, 0.15) is 0 Å². The summed E-state index contributed by atoms with van der Waals surface area (Å²) < 4.78 is -1.53. The van der Waals surface area contributed by atoms with E-state index in [1.54, 1.807) is 0 Å². The summed E-state index contributed by atoms with van der Waals surface area (Å²) in [6, 6.07) is -0.890. The molecule has 1 fully saturated rings. The highest BCUT2D eigenvalue weighted by atomic mass is 79.9. The molecule has 56 valence electrons. The van der Waals surface area contributed by atoms with Crippen molar-refractivity contribution in [2.24, 2.45) is 0 Å². The molecule has 0 aromatic carbocycles. The Bertz CT molecular complexity index is 204. The number of alkyl halides is 2. The summed E-state index contributed by atoms with van der Waals surface area (Å²) in [4.78, 5) is 21.1. The van der Waals surface area contributed by atoms with E-state index in [1.165, 1.54) is 0 Å². The summed E-state index contributed by atoms with van der Waals surface area (Å²) in [5, 5.41) is 11.7. The third-order valence-corrected chi connectivity index (χ3v) is 2.44. The Kier molecular flexibility index (Phi) is 1.84. The predicted molar refractivity (Wildman–Crippen MR) is 38.5 cm³/mol. The van der Waals surface area contributed by atoms with Crippen LogP contribution in [0.1, 0.15) is 0 Å². The normalized spacial score (nSPS) is 30.5. The highest BCUT2D eigenvalue weighted by Crippen LogP contribution is 2.20. The zero-order valence-corrected chi connectivity index (χ0v) is 7.65. The van der Waals surface area contributed by atoms with Crippen molar-refractivity contribution in [2.75, 3.05) is 0 Å². The standard InChI is InChI=1S/C3H2Br2N2O3/c4-3(5)1(8)6-2(9)7(3)10/h7H,(H,6,8,9). The topological polar surface area (TPSA) is 73.7 Å². The van der Waals surface area contributed by atoms with E-state index in [0.29, 0.717) is 0 Å². The molecule has 0 radical (unpaired) electrons. The van der Waals surface area contributed by atoms with E-state index in [1.807, 2.05) is 5.32 Å². The van der Waals surface area contributed by atoms with Gasteiger partial charge in [-0.3, -0.25) is 9.86 Å². The number of imide groups is 1. The molecular formula is C3H2Br2N2O3. The lowest BCUT2D eigenvalue weighted by Crippen LogP contribution is -3.14. The average Bonchev–Trinajstić information content (AvgIpc) is 1.97. The maximum Gasteiger partial charge on any atom is 0.424 e. The van der Waals surface area contributed by atoms with Crippen LogP contribution in [0.3, 0.4) is 0 Å². The summed E-state index contributed by atoms with van der Waals surface area (Å²) in [7, 11) is 0. The van der Waals surface area contributed by atoms with Crippen LogP contribution in [0.25, 0.3) is 0 Å². The maximum atomic E-state index is 10.7. The Morgan fingerprint density at radius 2 is 2.00 bits per heavy atom. The lowest BCUT2D eigenvalue weighted by molar-refractivity contribution is -0.759. The molecule has 10 heavy (non-hydrogen) atoms. The van der Waals surface area contributed by atoms with Gasteiger partial charge < -0.3 is 5.21 Å². The largest absolute Gasteiger partial charge is 0.623 e. The number of quaternary nitrogens is 1. The van der Waals surface area contributed by atoms with E-state index in [0.717, 1.165) is 0 Å². The number of carbonyl (C=O) groups excluding carboxylic acids is 2. The summed E-state index contributed by atoms with van der Waals surface area (Å²) >= 11 is 5.50. The third-order valence-electron chi connectivity index (χ3n) is 1.00. The zero-order valence-electron chi connectivity index (χ0n) is 4.48. The molecule has 5 nitrogen and oxygen atoms in total. The summed E-state index contributed by atoms with van der Waals surface area (Å²) in [6.07, 6.45) is 0. The van der Waals surface area contributed by atoms with Crippen molar-refractivity contribution >= 4 is 43.8 Å². The van der Waals surface area contributed by atoms with Gasteiger partial charge in [-0.15, -0.1) is 0 Å². The minimum absolute atomic E-state index is 0.678. The Morgan fingerprint density at radius 3 is 2.10 bits per heavy atom. The fraction of sp³-hybridized carbons (Fsp3) is 0.333. The molecule has 0 bridgehead atoms. The number of nitrogens with one attached hydrogen (secondary N) is 2. The smallest absolute Gasteiger partial charge is 0.424 e. The van der Waals surface area contributed by atoms with Crippen LogP contribution < -0.4 is 10.4 Å². The highest BCUT2D eigenvalue weighted by molar-refractivity contribution is 9.25. The van der Waals surface area contributed by atoms with Crippen LogP contribution in [0.2, 0.25) is 0 Å². The first-order valence-electron chi connectivity index (χ1n) is 2.24. The summed E-state index contributed by atoms with van der Waals surface area (Å²) in [5.74, 6) is -0.678. The molecule has 1 aliphatic rings. The van der Waals surface area contributed by atoms with E-state index >= 15 is 0 Å². The van der Waals surface area contributed by atoms with Crippen molar-refractivity contribution in [3.63, 3.8) is 0 Å². The van der Waals surface area contributed by atoms with Crippen LogP contribution in [-0.4, -0.2) is 15.3 Å². The van der Waals surface area contributed by atoms with Crippen LogP contribution in [0.15, 0.2) is 0 Å². The van der Waals surface area contributed by atoms with Crippen molar-refractivity contribution in [3.05, 3.63) is 5.21 Å². The fourth-order valence-corrected chi connectivity index (χ4v) is 1.04. The van der Waals surface area contributed by atoms with E-state index < -0.39 is 20.4 Å². The van der Waals surface area contributed by atoms with E-state index in [-0.39, 0.29) is 0 Å². The number of rotatable bonds is 0. The van der Waals surface area contributed by atoms with Gasteiger partial charge in [0.05, 0.1) is 0 Å². The number of hydrogen-bond donors (Lipinski definition) is 2. The quantitative estimate of drug-likeness (QED) is 0.259. The summed E-state index contributed by atoms with van der Waals surface area (Å²) in [6.45, 7) is 0. The first kappa shape index (κ1) is 8.12. The molecule has 1 heterocycles. The number of hydrogen-bond acceptors (Lipinski definition) is 3. The molecule has 0 aliphatic carbocycles. The molecule has 1 aliphatic heterocycles. The molecule has 3 amide bonds. The first-order valence-corrected chi connectivity index (χ1v) is 3.83.